The van der Waals surface area contributed by atoms with Crippen LogP contribution in [0.4, 0.5) is 5.82 Å². The second-order valence-corrected chi connectivity index (χ2v) is 5.76. The number of aromatic nitrogens is 4. The molecule has 2 aromatic rings. The van der Waals surface area contributed by atoms with E-state index in [4.69, 9.17) is 5.73 Å². The minimum Gasteiger partial charge on any atom is -0.396 e. The van der Waals surface area contributed by atoms with Gasteiger partial charge in [-0.15, -0.1) is 0 Å². The highest BCUT2D eigenvalue weighted by atomic mass is 16.3. The molecule has 7 nitrogen and oxygen atoms in total. The third kappa shape index (κ3) is 2.26. The molecule has 3 rings (SSSR count). The lowest BCUT2D eigenvalue weighted by atomic mass is 9.66. The highest BCUT2D eigenvalue weighted by Gasteiger charge is 2.45. The molecule has 1 aliphatic carbocycles. The van der Waals surface area contributed by atoms with Gasteiger partial charge in [0, 0.05) is 18.6 Å². The number of aliphatic hydroxyl groups excluding tert-OH is 2. The molecule has 1 fully saturated rings. The molecule has 1 aliphatic rings. The Labute approximate surface area is 122 Å². The minimum absolute atomic E-state index is 0.0311. The molecule has 0 aliphatic heterocycles. The summed E-state index contributed by atoms with van der Waals surface area (Å²) in [7, 11) is 0. The molecule has 1 saturated carbocycles. The average molecular weight is 291 g/mol. The second-order valence-electron chi connectivity index (χ2n) is 5.76. The zero-order chi connectivity index (χ0) is 15.0. The van der Waals surface area contributed by atoms with E-state index in [1.54, 1.807) is 6.33 Å². The van der Waals surface area contributed by atoms with Crippen LogP contribution in [0.3, 0.4) is 0 Å². The average Bonchev–Trinajstić information content (AvgIpc) is 2.84. The van der Waals surface area contributed by atoms with Gasteiger partial charge in [0.25, 0.3) is 0 Å². The monoisotopic (exact) mass is 291 g/mol. The first-order chi connectivity index (χ1) is 10.2. The molecule has 0 amide bonds. The Kier molecular flexibility index (Phi) is 3.77. The number of rotatable bonds is 5. The zero-order valence-corrected chi connectivity index (χ0v) is 12.1. The van der Waals surface area contributed by atoms with Crippen molar-refractivity contribution in [3.05, 3.63) is 12.7 Å². The quantitative estimate of drug-likeness (QED) is 0.749. The van der Waals surface area contributed by atoms with Gasteiger partial charge in [-0.2, -0.15) is 0 Å². The zero-order valence-electron chi connectivity index (χ0n) is 12.1. The highest BCUT2D eigenvalue weighted by Crippen LogP contribution is 2.47. The van der Waals surface area contributed by atoms with Crippen LogP contribution in [0.1, 0.15) is 32.2 Å². The lowest BCUT2D eigenvalue weighted by molar-refractivity contribution is -0.0574. The Hall–Kier alpha value is -1.73. The number of nitrogen functional groups attached to an aromatic ring is 1. The molecule has 0 aromatic carbocycles. The number of anilines is 1. The van der Waals surface area contributed by atoms with Crippen molar-refractivity contribution in [2.75, 3.05) is 12.3 Å². The number of hydrogen-bond acceptors (Lipinski definition) is 6. The van der Waals surface area contributed by atoms with Gasteiger partial charge < -0.3 is 20.5 Å². The molecule has 114 valence electrons. The highest BCUT2D eigenvalue weighted by molar-refractivity contribution is 5.81. The van der Waals surface area contributed by atoms with Crippen LogP contribution in [0.5, 0.6) is 0 Å². The van der Waals surface area contributed by atoms with Crippen molar-refractivity contribution >= 4 is 17.0 Å². The summed E-state index contributed by atoms with van der Waals surface area (Å²) in [6.07, 6.45) is 5.19. The molecule has 4 atom stereocenters. The van der Waals surface area contributed by atoms with Crippen molar-refractivity contribution in [2.24, 2.45) is 11.8 Å². The van der Waals surface area contributed by atoms with Crippen molar-refractivity contribution in [3.8, 4) is 0 Å². The lowest BCUT2D eigenvalue weighted by Crippen LogP contribution is -2.47. The molecule has 4 unspecified atom stereocenters. The Balaban J connectivity index is 1.93. The summed E-state index contributed by atoms with van der Waals surface area (Å²) in [5.74, 6) is 0.527. The first-order valence-electron chi connectivity index (χ1n) is 7.39. The van der Waals surface area contributed by atoms with Crippen LogP contribution in [0.25, 0.3) is 11.2 Å². The van der Waals surface area contributed by atoms with E-state index in [1.807, 2.05) is 11.5 Å². The Morgan fingerprint density at radius 2 is 2.24 bits per heavy atom. The van der Waals surface area contributed by atoms with Gasteiger partial charge in [-0.1, -0.05) is 13.3 Å². The van der Waals surface area contributed by atoms with Gasteiger partial charge in [0.15, 0.2) is 11.5 Å². The van der Waals surface area contributed by atoms with E-state index in [2.05, 4.69) is 15.0 Å². The van der Waals surface area contributed by atoms with E-state index >= 15 is 0 Å². The summed E-state index contributed by atoms with van der Waals surface area (Å²) in [4.78, 5) is 12.5. The van der Waals surface area contributed by atoms with E-state index in [0.717, 1.165) is 19.3 Å². The molecule has 0 saturated heterocycles. The third-order valence-corrected chi connectivity index (χ3v) is 4.54. The van der Waals surface area contributed by atoms with Crippen LogP contribution in [-0.4, -0.2) is 42.4 Å². The van der Waals surface area contributed by atoms with Gasteiger partial charge in [-0.05, 0) is 18.8 Å². The molecule has 0 bridgehead atoms. The van der Waals surface area contributed by atoms with Gasteiger partial charge in [-0.3, -0.25) is 0 Å². The van der Waals surface area contributed by atoms with E-state index in [0.29, 0.717) is 17.0 Å². The fourth-order valence-electron chi connectivity index (χ4n) is 3.41. The first kappa shape index (κ1) is 14.2. The predicted octanol–water partition coefficient (Wildman–Crippen LogP) is 0.739. The number of imidazole rings is 1. The summed E-state index contributed by atoms with van der Waals surface area (Å²) >= 11 is 0. The Morgan fingerprint density at radius 1 is 1.43 bits per heavy atom. The minimum atomic E-state index is -0.414. The molecular formula is C14H21N5O2. The lowest BCUT2D eigenvalue weighted by Gasteiger charge is -2.47. The first-order valence-corrected chi connectivity index (χ1v) is 7.39. The maximum atomic E-state index is 10.4. The molecule has 21 heavy (non-hydrogen) atoms. The van der Waals surface area contributed by atoms with Crippen LogP contribution < -0.4 is 5.73 Å². The summed E-state index contributed by atoms with van der Waals surface area (Å²) in [6.45, 7) is 2.15. The summed E-state index contributed by atoms with van der Waals surface area (Å²) in [6, 6.07) is 0.1000. The van der Waals surface area contributed by atoms with Crippen LogP contribution in [-0.2, 0) is 0 Å². The Morgan fingerprint density at radius 3 is 2.95 bits per heavy atom. The van der Waals surface area contributed by atoms with E-state index in [1.165, 1.54) is 6.33 Å². The molecule has 0 radical (unpaired) electrons. The van der Waals surface area contributed by atoms with Crippen molar-refractivity contribution in [1.29, 1.82) is 0 Å². The van der Waals surface area contributed by atoms with Crippen LogP contribution in [0.15, 0.2) is 12.7 Å². The van der Waals surface area contributed by atoms with Crippen molar-refractivity contribution < 1.29 is 10.2 Å². The fourth-order valence-corrected chi connectivity index (χ4v) is 3.41. The van der Waals surface area contributed by atoms with E-state index in [9.17, 15) is 10.2 Å². The molecule has 2 aromatic heterocycles. The smallest absolute Gasteiger partial charge is 0.165 e. The normalized spacial score (nSPS) is 26.7. The SMILES string of the molecule is CCCC(O)C1C(CO)CC1n1cnc2c(N)ncnc21. The van der Waals surface area contributed by atoms with Gasteiger partial charge >= 0.3 is 0 Å². The Bertz CT molecular complexity index is 629. The number of hydrogen-bond donors (Lipinski definition) is 3. The molecule has 7 heteroatoms. The van der Waals surface area contributed by atoms with Gasteiger partial charge in [0.2, 0.25) is 0 Å². The van der Waals surface area contributed by atoms with Crippen LogP contribution >= 0.6 is 0 Å². The molecule has 2 heterocycles. The predicted molar refractivity (Wildman–Crippen MR) is 78.4 cm³/mol. The maximum Gasteiger partial charge on any atom is 0.165 e. The third-order valence-electron chi connectivity index (χ3n) is 4.54. The standard InChI is InChI=1S/C14H21N5O2/c1-2-3-10(21)11-8(5-20)4-9(11)19-7-18-12-13(15)16-6-17-14(12)19/h6-11,20-21H,2-5H2,1H3,(H2,15,16,17). The number of nitrogens with zero attached hydrogens (tertiary/aromatic N) is 4. The largest absolute Gasteiger partial charge is 0.396 e. The second kappa shape index (κ2) is 5.57. The summed E-state index contributed by atoms with van der Waals surface area (Å²) < 4.78 is 1.96. The van der Waals surface area contributed by atoms with E-state index in [-0.39, 0.29) is 24.5 Å². The molecule has 4 N–H and O–H groups in total. The van der Waals surface area contributed by atoms with E-state index < -0.39 is 6.10 Å². The van der Waals surface area contributed by atoms with Crippen LogP contribution in [0.2, 0.25) is 0 Å². The maximum absolute atomic E-state index is 10.4. The fraction of sp³-hybridized carbons (Fsp3) is 0.643. The number of aliphatic hydroxyl groups is 2. The van der Waals surface area contributed by atoms with Gasteiger partial charge in [0.1, 0.15) is 11.8 Å². The number of fused-ring (bicyclic) bond motifs is 1. The molecule has 0 spiro atoms. The summed E-state index contributed by atoms with van der Waals surface area (Å²) in [5, 5.41) is 19.8. The van der Waals surface area contributed by atoms with Crippen molar-refractivity contribution in [2.45, 2.75) is 38.3 Å². The number of nitrogens with two attached hydrogens (primary N) is 1. The topological polar surface area (TPSA) is 110 Å². The van der Waals surface area contributed by atoms with Crippen molar-refractivity contribution in [3.63, 3.8) is 0 Å². The van der Waals surface area contributed by atoms with Gasteiger partial charge in [-0.25, -0.2) is 15.0 Å². The van der Waals surface area contributed by atoms with Crippen LogP contribution in [0, 0.1) is 11.8 Å². The van der Waals surface area contributed by atoms with Crippen molar-refractivity contribution in [1.82, 2.24) is 19.5 Å². The molecular weight excluding hydrogens is 270 g/mol. The van der Waals surface area contributed by atoms with Gasteiger partial charge in [0.05, 0.1) is 12.4 Å². The summed E-state index contributed by atoms with van der Waals surface area (Å²) in [5.41, 5.74) is 7.09.